The first-order valence-corrected chi connectivity index (χ1v) is 6.08. The molecule has 0 aliphatic heterocycles. The Kier molecular flexibility index (Phi) is 3.43. The van der Waals surface area contributed by atoms with Crippen molar-refractivity contribution in [2.75, 3.05) is 0 Å². The number of hydrogen-bond donors (Lipinski definition) is 1. The summed E-state index contributed by atoms with van der Waals surface area (Å²) in [4.78, 5) is 4.40. The van der Waals surface area contributed by atoms with E-state index in [4.69, 9.17) is 5.73 Å². The minimum absolute atomic E-state index is 0.600. The highest BCUT2D eigenvalue weighted by molar-refractivity contribution is 7.99. The zero-order chi connectivity index (χ0) is 9.80. The van der Waals surface area contributed by atoms with Gasteiger partial charge in [0.2, 0.25) is 0 Å². The molecule has 0 atom stereocenters. The number of nitrogens with two attached hydrogens (primary N) is 1. The van der Waals surface area contributed by atoms with E-state index in [2.05, 4.69) is 11.1 Å². The fourth-order valence-corrected chi connectivity index (χ4v) is 3.16. The molecule has 0 bridgehead atoms. The van der Waals surface area contributed by atoms with Gasteiger partial charge >= 0.3 is 0 Å². The van der Waals surface area contributed by atoms with Crippen molar-refractivity contribution in [3.8, 4) is 0 Å². The standard InChI is InChI=1S/C11H16N2S/c12-8-9-4-3-7-13-11(9)14-10-5-1-2-6-10/h3-4,7,10H,1-2,5-6,8,12H2. The topological polar surface area (TPSA) is 38.9 Å². The van der Waals surface area contributed by atoms with Crippen LogP contribution in [-0.2, 0) is 6.54 Å². The number of thioether (sulfide) groups is 1. The van der Waals surface area contributed by atoms with Gasteiger partial charge in [0.15, 0.2) is 0 Å². The molecule has 0 radical (unpaired) electrons. The number of aromatic nitrogens is 1. The van der Waals surface area contributed by atoms with Gasteiger partial charge in [0.25, 0.3) is 0 Å². The second kappa shape index (κ2) is 4.80. The van der Waals surface area contributed by atoms with E-state index in [1.807, 2.05) is 24.0 Å². The van der Waals surface area contributed by atoms with E-state index in [1.165, 1.54) is 31.2 Å². The highest BCUT2D eigenvalue weighted by Gasteiger charge is 2.17. The third kappa shape index (κ3) is 2.28. The van der Waals surface area contributed by atoms with Crippen LogP contribution in [-0.4, -0.2) is 10.2 Å². The lowest BCUT2D eigenvalue weighted by atomic mass is 10.3. The van der Waals surface area contributed by atoms with E-state index in [1.54, 1.807) is 0 Å². The van der Waals surface area contributed by atoms with Gasteiger partial charge in [-0.3, -0.25) is 0 Å². The molecule has 76 valence electrons. The van der Waals surface area contributed by atoms with Gasteiger partial charge in [-0.2, -0.15) is 0 Å². The molecule has 1 saturated carbocycles. The van der Waals surface area contributed by atoms with Gasteiger partial charge in [0.1, 0.15) is 5.03 Å². The molecule has 1 aromatic heterocycles. The van der Waals surface area contributed by atoms with E-state index in [-0.39, 0.29) is 0 Å². The molecule has 0 spiro atoms. The molecule has 2 nitrogen and oxygen atoms in total. The molecular formula is C11H16N2S. The second-order valence-electron chi connectivity index (χ2n) is 3.70. The smallest absolute Gasteiger partial charge is 0.101 e. The predicted octanol–water partition coefficient (Wildman–Crippen LogP) is 2.58. The van der Waals surface area contributed by atoms with Gasteiger partial charge in [0.05, 0.1) is 0 Å². The molecule has 2 rings (SSSR count). The first-order valence-electron chi connectivity index (χ1n) is 5.21. The summed E-state index contributed by atoms with van der Waals surface area (Å²) in [5, 5.41) is 1.91. The van der Waals surface area contributed by atoms with Crippen molar-refractivity contribution in [1.82, 2.24) is 4.98 Å². The Balaban J connectivity index is 2.07. The highest BCUT2D eigenvalue weighted by Crippen LogP contribution is 2.34. The quantitative estimate of drug-likeness (QED) is 0.829. The summed E-state index contributed by atoms with van der Waals surface area (Å²) in [6, 6.07) is 4.03. The lowest BCUT2D eigenvalue weighted by Gasteiger charge is -2.10. The van der Waals surface area contributed by atoms with Crippen LogP contribution in [0.3, 0.4) is 0 Å². The Bertz CT molecular complexity index is 295. The monoisotopic (exact) mass is 208 g/mol. The zero-order valence-electron chi connectivity index (χ0n) is 8.28. The van der Waals surface area contributed by atoms with Crippen molar-refractivity contribution in [3.63, 3.8) is 0 Å². The summed E-state index contributed by atoms with van der Waals surface area (Å²) in [7, 11) is 0. The Hall–Kier alpha value is -0.540. The van der Waals surface area contributed by atoms with E-state index in [0.717, 1.165) is 10.3 Å². The Labute approximate surface area is 89.3 Å². The van der Waals surface area contributed by atoms with Gasteiger partial charge in [0, 0.05) is 18.0 Å². The highest BCUT2D eigenvalue weighted by atomic mass is 32.2. The summed E-state index contributed by atoms with van der Waals surface area (Å²) in [6.07, 6.45) is 7.29. The van der Waals surface area contributed by atoms with Gasteiger partial charge < -0.3 is 5.73 Å². The molecular weight excluding hydrogens is 192 g/mol. The predicted molar refractivity (Wildman–Crippen MR) is 60.2 cm³/mol. The zero-order valence-corrected chi connectivity index (χ0v) is 9.09. The van der Waals surface area contributed by atoms with Crippen LogP contribution in [0.1, 0.15) is 31.2 Å². The van der Waals surface area contributed by atoms with Gasteiger partial charge in [-0.15, -0.1) is 11.8 Å². The SMILES string of the molecule is NCc1cccnc1SC1CCCC1. The van der Waals surface area contributed by atoms with Gasteiger partial charge in [-0.1, -0.05) is 18.9 Å². The molecule has 1 heterocycles. The maximum Gasteiger partial charge on any atom is 0.101 e. The lowest BCUT2D eigenvalue weighted by molar-refractivity contribution is 0.886. The van der Waals surface area contributed by atoms with E-state index in [0.29, 0.717) is 6.54 Å². The normalized spacial score (nSPS) is 17.5. The Morgan fingerprint density at radius 3 is 2.93 bits per heavy atom. The third-order valence-electron chi connectivity index (χ3n) is 2.65. The summed E-state index contributed by atoms with van der Waals surface area (Å²) >= 11 is 1.91. The minimum atomic E-state index is 0.600. The minimum Gasteiger partial charge on any atom is -0.326 e. The van der Waals surface area contributed by atoms with Crippen LogP contribution in [0.4, 0.5) is 0 Å². The molecule has 1 fully saturated rings. The van der Waals surface area contributed by atoms with Crippen LogP contribution in [0.15, 0.2) is 23.4 Å². The van der Waals surface area contributed by atoms with Crippen molar-refractivity contribution >= 4 is 11.8 Å². The molecule has 1 aliphatic rings. The molecule has 1 aliphatic carbocycles. The van der Waals surface area contributed by atoms with Crippen molar-refractivity contribution < 1.29 is 0 Å². The molecule has 3 heteroatoms. The summed E-state index contributed by atoms with van der Waals surface area (Å²) in [6.45, 7) is 0.600. The average Bonchev–Trinajstić information content (AvgIpc) is 2.71. The van der Waals surface area contributed by atoms with Gasteiger partial charge in [-0.05, 0) is 24.5 Å². The molecule has 0 saturated heterocycles. The van der Waals surface area contributed by atoms with Crippen LogP contribution < -0.4 is 5.73 Å². The number of rotatable bonds is 3. The molecule has 14 heavy (non-hydrogen) atoms. The van der Waals surface area contributed by atoms with Crippen LogP contribution in [0.5, 0.6) is 0 Å². The molecule has 0 unspecified atom stereocenters. The van der Waals surface area contributed by atoms with Crippen LogP contribution in [0.25, 0.3) is 0 Å². The Morgan fingerprint density at radius 2 is 2.21 bits per heavy atom. The fraction of sp³-hybridized carbons (Fsp3) is 0.545. The summed E-state index contributed by atoms with van der Waals surface area (Å²) in [5.74, 6) is 0. The fourth-order valence-electron chi connectivity index (χ4n) is 1.85. The van der Waals surface area contributed by atoms with Crippen LogP contribution >= 0.6 is 11.8 Å². The summed E-state index contributed by atoms with van der Waals surface area (Å²) < 4.78 is 0. The number of hydrogen-bond acceptors (Lipinski definition) is 3. The maximum atomic E-state index is 5.67. The third-order valence-corrected chi connectivity index (χ3v) is 4.05. The van der Waals surface area contributed by atoms with Crippen molar-refractivity contribution in [2.45, 2.75) is 42.5 Å². The van der Waals surface area contributed by atoms with E-state index < -0.39 is 0 Å². The first-order chi connectivity index (χ1) is 6.90. The van der Waals surface area contributed by atoms with Crippen molar-refractivity contribution in [2.24, 2.45) is 5.73 Å². The van der Waals surface area contributed by atoms with Crippen LogP contribution in [0, 0.1) is 0 Å². The summed E-state index contributed by atoms with van der Waals surface area (Å²) in [5.41, 5.74) is 6.86. The number of pyridine rings is 1. The molecule has 0 amide bonds. The molecule has 2 N–H and O–H groups in total. The Morgan fingerprint density at radius 1 is 1.43 bits per heavy atom. The molecule has 0 aromatic carbocycles. The average molecular weight is 208 g/mol. The second-order valence-corrected chi connectivity index (χ2v) is 4.99. The van der Waals surface area contributed by atoms with Crippen LogP contribution in [0.2, 0.25) is 0 Å². The van der Waals surface area contributed by atoms with Crippen molar-refractivity contribution in [1.29, 1.82) is 0 Å². The maximum absolute atomic E-state index is 5.67. The molecule has 1 aromatic rings. The first kappa shape index (κ1) is 9.99. The van der Waals surface area contributed by atoms with Crippen molar-refractivity contribution in [3.05, 3.63) is 23.9 Å². The van der Waals surface area contributed by atoms with E-state index >= 15 is 0 Å². The lowest BCUT2D eigenvalue weighted by Crippen LogP contribution is -2.02. The van der Waals surface area contributed by atoms with Gasteiger partial charge in [-0.25, -0.2) is 4.98 Å². The van der Waals surface area contributed by atoms with E-state index in [9.17, 15) is 0 Å². The number of nitrogens with zero attached hydrogens (tertiary/aromatic N) is 1. The largest absolute Gasteiger partial charge is 0.326 e.